The molecule has 1 aromatic carbocycles. The van der Waals surface area contributed by atoms with E-state index in [2.05, 4.69) is 10.3 Å². The van der Waals surface area contributed by atoms with Crippen LogP contribution in [0.5, 0.6) is 0 Å². The van der Waals surface area contributed by atoms with Crippen molar-refractivity contribution in [2.75, 3.05) is 5.75 Å². The van der Waals surface area contributed by atoms with Gasteiger partial charge in [-0.25, -0.2) is 4.79 Å². The largest absolute Gasteiger partial charge is 0.490 e. The van der Waals surface area contributed by atoms with Crippen molar-refractivity contribution in [2.24, 2.45) is 5.73 Å². The van der Waals surface area contributed by atoms with E-state index in [1.165, 1.54) is 11.8 Å². The molecule has 1 unspecified atom stereocenters. The third-order valence-corrected chi connectivity index (χ3v) is 6.29. The average Bonchev–Trinajstić information content (AvgIpc) is 2.80. The molecule has 3 atom stereocenters. The zero-order valence-electron chi connectivity index (χ0n) is 16.3. The van der Waals surface area contributed by atoms with Gasteiger partial charge in [-0.1, -0.05) is 30.3 Å². The van der Waals surface area contributed by atoms with Gasteiger partial charge in [-0.05, 0) is 23.3 Å². The van der Waals surface area contributed by atoms with E-state index in [4.69, 9.17) is 10.5 Å². The van der Waals surface area contributed by atoms with Gasteiger partial charge in [0.05, 0.1) is 5.75 Å². The predicted octanol–water partition coefficient (Wildman–Crippen LogP) is 0.994. The number of carbonyl (C=O) groups excluding carboxylic acids is 2. The Morgan fingerprint density at radius 2 is 1.97 bits per heavy atom. The summed E-state index contributed by atoms with van der Waals surface area (Å²) in [5.74, 6) is -1.78. The van der Waals surface area contributed by atoms with Gasteiger partial charge >= 0.3 is 5.97 Å². The molecule has 0 saturated carbocycles. The molecule has 0 bridgehead atoms. The van der Waals surface area contributed by atoms with Gasteiger partial charge in [-0.15, -0.1) is 11.8 Å². The summed E-state index contributed by atoms with van der Waals surface area (Å²) in [4.78, 5) is 42.2. The van der Waals surface area contributed by atoms with Crippen molar-refractivity contribution in [3.05, 3.63) is 77.4 Å². The van der Waals surface area contributed by atoms with Crippen molar-refractivity contribution in [2.45, 2.75) is 24.1 Å². The number of carboxylic acid groups (broad SMARTS) is 1. The number of hydrogen-bond donors (Lipinski definition) is 3. The first-order valence-corrected chi connectivity index (χ1v) is 10.6. The van der Waals surface area contributed by atoms with Crippen LogP contribution in [0.3, 0.4) is 0 Å². The standard InChI is InChI=1S/C21H20N4O5S/c22-15(13-4-2-1-3-5-13)18(26)24-16-19(27)25-17(21(28)29)14(11-31-20(16)25)30-10-12-6-8-23-9-7-12/h1-9,15-16,20H,10-11,22H2,(H,24,26)(H,28,29)/t15?,16-,20-/m1/s1. The summed E-state index contributed by atoms with van der Waals surface area (Å²) < 4.78 is 5.71. The van der Waals surface area contributed by atoms with E-state index >= 15 is 0 Å². The number of fused-ring (bicyclic) bond motifs is 1. The molecule has 4 N–H and O–H groups in total. The number of nitrogens with one attached hydrogen (secondary N) is 1. The zero-order valence-corrected chi connectivity index (χ0v) is 17.1. The van der Waals surface area contributed by atoms with Crippen LogP contribution in [0.1, 0.15) is 17.2 Å². The van der Waals surface area contributed by atoms with E-state index < -0.39 is 35.2 Å². The average molecular weight is 440 g/mol. The molecule has 3 heterocycles. The van der Waals surface area contributed by atoms with Crippen LogP contribution in [0.4, 0.5) is 0 Å². The summed E-state index contributed by atoms with van der Waals surface area (Å²) >= 11 is 1.33. The second-order valence-electron chi connectivity index (χ2n) is 7.01. The van der Waals surface area contributed by atoms with Crippen LogP contribution in [0.15, 0.2) is 66.3 Å². The minimum absolute atomic E-state index is 0.161. The Balaban J connectivity index is 1.46. The van der Waals surface area contributed by atoms with E-state index in [0.29, 0.717) is 5.56 Å². The molecule has 160 valence electrons. The number of nitrogens with zero attached hydrogens (tertiary/aromatic N) is 2. The number of hydrogen-bond acceptors (Lipinski definition) is 7. The number of rotatable bonds is 7. The molecule has 1 aromatic heterocycles. The third-order valence-electron chi connectivity index (χ3n) is 5.04. The number of benzene rings is 1. The van der Waals surface area contributed by atoms with Crippen molar-refractivity contribution >= 4 is 29.5 Å². The molecule has 2 aliphatic rings. The number of β-lactam (4-membered cyclic amide) rings is 1. The fourth-order valence-corrected chi connectivity index (χ4v) is 4.68. The van der Waals surface area contributed by atoms with Crippen LogP contribution >= 0.6 is 11.8 Å². The Bertz CT molecular complexity index is 1030. The number of carbonyl (C=O) groups is 3. The van der Waals surface area contributed by atoms with Crippen molar-refractivity contribution in [1.29, 1.82) is 0 Å². The number of nitrogens with two attached hydrogens (primary N) is 1. The van der Waals surface area contributed by atoms with E-state index in [-0.39, 0.29) is 23.8 Å². The lowest BCUT2D eigenvalue weighted by Gasteiger charge is -2.49. The highest BCUT2D eigenvalue weighted by atomic mass is 32.2. The lowest BCUT2D eigenvalue weighted by atomic mass is 10.0. The van der Waals surface area contributed by atoms with Gasteiger partial charge in [-0.2, -0.15) is 0 Å². The Kier molecular flexibility index (Phi) is 5.92. The highest BCUT2D eigenvalue weighted by molar-refractivity contribution is 8.00. The normalized spacial score (nSPS) is 21.1. The first-order chi connectivity index (χ1) is 15.0. The number of carboxylic acids is 1. The van der Waals surface area contributed by atoms with Crippen LogP contribution in [-0.4, -0.2) is 49.9 Å². The molecule has 0 aliphatic carbocycles. The van der Waals surface area contributed by atoms with Crippen LogP contribution in [0.2, 0.25) is 0 Å². The second kappa shape index (κ2) is 8.78. The van der Waals surface area contributed by atoms with E-state index in [9.17, 15) is 19.5 Å². The maximum atomic E-state index is 12.7. The lowest BCUT2D eigenvalue weighted by molar-refractivity contribution is -0.151. The third kappa shape index (κ3) is 4.12. The minimum Gasteiger partial charge on any atom is -0.490 e. The molecule has 0 radical (unpaired) electrons. The number of pyridine rings is 1. The van der Waals surface area contributed by atoms with E-state index in [1.807, 2.05) is 6.07 Å². The molecule has 2 aliphatic heterocycles. The van der Waals surface area contributed by atoms with Gasteiger partial charge in [0.25, 0.3) is 5.91 Å². The number of amides is 2. The minimum atomic E-state index is -1.26. The maximum absolute atomic E-state index is 12.7. The highest BCUT2D eigenvalue weighted by Gasteiger charge is 2.55. The highest BCUT2D eigenvalue weighted by Crippen LogP contribution is 2.41. The number of aliphatic carboxylic acids is 1. The van der Waals surface area contributed by atoms with Gasteiger partial charge in [0.15, 0.2) is 5.70 Å². The number of aromatic nitrogens is 1. The topological polar surface area (TPSA) is 135 Å². The first kappa shape index (κ1) is 20.9. The molecule has 1 fully saturated rings. The smallest absolute Gasteiger partial charge is 0.356 e. The molecule has 0 spiro atoms. The van der Waals surface area contributed by atoms with Crippen molar-refractivity contribution < 1.29 is 24.2 Å². The Morgan fingerprint density at radius 1 is 1.26 bits per heavy atom. The Morgan fingerprint density at radius 3 is 2.65 bits per heavy atom. The van der Waals surface area contributed by atoms with Crippen molar-refractivity contribution in [3.8, 4) is 0 Å². The molecule has 31 heavy (non-hydrogen) atoms. The molecule has 2 amide bonds. The van der Waals surface area contributed by atoms with Crippen molar-refractivity contribution in [1.82, 2.24) is 15.2 Å². The fraction of sp³-hybridized carbons (Fsp3) is 0.238. The SMILES string of the molecule is NC(C(=O)N[C@@H]1C(=O)N2C(C(=O)O)=C(OCc3ccncc3)CS[C@H]12)c1ccccc1. The van der Waals surface area contributed by atoms with Crippen molar-refractivity contribution in [3.63, 3.8) is 0 Å². The summed E-state index contributed by atoms with van der Waals surface area (Å²) in [7, 11) is 0. The Labute approximate surface area is 182 Å². The van der Waals surface area contributed by atoms with Gasteiger partial charge in [0, 0.05) is 12.4 Å². The molecule has 2 aromatic rings. The predicted molar refractivity (Wildman–Crippen MR) is 112 cm³/mol. The summed E-state index contributed by atoms with van der Waals surface area (Å²) in [5.41, 5.74) is 7.26. The number of ether oxygens (including phenoxy) is 1. The molecule has 1 saturated heterocycles. The first-order valence-electron chi connectivity index (χ1n) is 9.51. The van der Waals surface area contributed by atoms with Crippen LogP contribution < -0.4 is 11.1 Å². The molecular weight excluding hydrogens is 420 g/mol. The van der Waals surface area contributed by atoms with Gasteiger partial charge in [0.2, 0.25) is 5.91 Å². The lowest BCUT2D eigenvalue weighted by Crippen LogP contribution is -2.71. The second-order valence-corrected chi connectivity index (χ2v) is 8.11. The summed E-state index contributed by atoms with van der Waals surface area (Å²) in [5, 5.41) is 11.8. The molecule has 10 heteroatoms. The summed E-state index contributed by atoms with van der Waals surface area (Å²) in [6.45, 7) is 0.161. The molecular formula is C21H20N4O5S. The van der Waals surface area contributed by atoms with Gasteiger partial charge in [-0.3, -0.25) is 19.5 Å². The summed E-state index contributed by atoms with van der Waals surface area (Å²) in [6.07, 6.45) is 3.23. The van der Waals surface area contributed by atoms with Gasteiger partial charge in [0.1, 0.15) is 29.8 Å². The van der Waals surface area contributed by atoms with Crippen LogP contribution in [0, 0.1) is 0 Å². The van der Waals surface area contributed by atoms with Crippen LogP contribution in [0.25, 0.3) is 0 Å². The van der Waals surface area contributed by atoms with E-state index in [1.54, 1.807) is 48.8 Å². The fourth-order valence-electron chi connectivity index (χ4n) is 3.41. The maximum Gasteiger partial charge on any atom is 0.356 e. The molecule has 9 nitrogen and oxygen atoms in total. The quantitative estimate of drug-likeness (QED) is 0.543. The van der Waals surface area contributed by atoms with Crippen LogP contribution in [-0.2, 0) is 25.7 Å². The Hall–Kier alpha value is -3.37. The monoisotopic (exact) mass is 440 g/mol. The van der Waals surface area contributed by atoms with E-state index in [0.717, 1.165) is 10.5 Å². The zero-order chi connectivity index (χ0) is 22.0. The number of thioether (sulfide) groups is 1. The molecule has 4 rings (SSSR count). The van der Waals surface area contributed by atoms with Gasteiger partial charge < -0.3 is 20.9 Å². The summed E-state index contributed by atoms with van der Waals surface area (Å²) in [6, 6.07) is 10.6.